The SMILES string of the molecule is Cc1cc(OC(=O)C(F)(F)F)cc2c1[C@H]1CC[C@]3(C)C(OC(=O)C(F)(F)F)CC[C@H]3[C@@H]1CC2. The molecule has 2 fully saturated rings. The molecule has 0 radical (unpaired) electrons. The van der Waals surface area contributed by atoms with Gasteiger partial charge in [-0.3, -0.25) is 0 Å². The van der Waals surface area contributed by atoms with Gasteiger partial charge >= 0.3 is 24.3 Å². The van der Waals surface area contributed by atoms with E-state index in [9.17, 15) is 35.9 Å². The Morgan fingerprint density at radius 2 is 1.64 bits per heavy atom. The van der Waals surface area contributed by atoms with Crippen molar-refractivity contribution in [3.63, 3.8) is 0 Å². The monoisotopic (exact) mass is 478 g/mol. The lowest BCUT2D eigenvalue weighted by Gasteiger charge is -2.50. The predicted molar refractivity (Wildman–Crippen MR) is 103 cm³/mol. The number of carbonyl (C=O) groups excluding carboxylic acids is 2. The lowest BCUT2D eigenvalue weighted by Crippen LogP contribution is -2.46. The molecule has 0 heterocycles. The van der Waals surface area contributed by atoms with Crippen molar-refractivity contribution in [3.8, 4) is 5.75 Å². The van der Waals surface area contributed by atoms with Crippen LogP contribution in [0, 0.1) is 24.2 Å². The molecular weight excluding hydrogens is 454 g/mol. The average Bonchev–Trinajstić information content (AvgIpc) is 3.02. The topological polar surface area (TPSA) is 52.6 Å². The zero-order chi connectivity index (χ0) is 24.3. The zero-order valence-corrected chi connectivity index (χ0v) is 18.1. The van der Waals surface area contributed by atoms with Crippen LogP contribution >= 0.6 is 0 Å². The highest BCUT2D eigenvalue weighted by atomic mass is 19.4. The van der Waals surface area contributed by atoms with Crippen LogP contribution in [0.1, 0.15) is 61.6 Å². The third kappa shape index (κ3) is 4.21. The van der Waals surface area contributed by atoms with Gasteiger partial charge in [-0.1, -0.05) is 6.92 Å². The van der Waals surface area contributed by atoms with Crippen molar-refractivity contribution < 1.29 is 45.4 Å². The van der Waals surface area contributed by atoms with Gasteiger partial charge in [0.2, 0.25) is 0 Å². The average molecular weight is 478 g/mol. The quantitative estimate of drug-likeness (QED) is 0.307. The molecule has 182 valence electrons. The number of halogens is 6. The summed E-state index contributed by atoms with van der Waals surface area (Å²) in [6, 6.07) is 2.92. The van der Waals surface area contributed by atoms with Crippen LogP contribution in [0.4, 0.5) is 26.3 Å². The van der Waals surface area contributed by atoms with Crippen LogP contribution in [0.3, 0.4) is 0 Å². The Morgan fingerprint density at radius 1 is 0.970 bits per heavy atom. The molecule has 33 heavy (non-hydrogen) atoms. The van der Waals surface area contributed by atoms with Crippen LogP contribution in [-0.2, 0) is 20.7 Å². The van der Waals surface area contributed by atoms with E-state index in [1.54, 1.807) is 6.92 Å². The molecule has 5 atom stereocenters. The summed E-state index contributed by atoms with van der Waals surface area (Å²) in [4.78, 5) is 22.7. The number of fused-ring (bicyclic) bond motifs is 5. The van der Waals surface area contributed by atoms with E-state index in [1.807, 2.05) is 6.92 Å². The summed E-state index contributed by atoms with van der Waals surface area (Å²) in [5.74, 6) is -4.20. The van der Waals surface area contributed by atoms with Crippen LogP contribution in [-0.4, -0.2) is 30.4 Å². The van der Waals surface area contributed by atoms with E-state index in [4.69, 9.17) is 4.74 Å². The van der Waals surface area contributed by atoms with Crippen LogP contribution in [0.25, 0.3) is 0 Å². The standard InChI is InChI=1S/C23H24F6O4/c1-11-9-13(32-19(30)22(24,25)26)10-12-3-4-14-15(18(11)12)7-8-21(2)16(14)5-6-17(21)33-20(31)23(27,28)29/h9-10,14-17H,3-8H2,1-2H3/t14-,15+,16+,17?,21+/m1/s1. The fourth-order valence-corrected chi connectivity index (χ4v) is 6.51. The minimum Gasteiger partial charge on any atom is -0.455 e. The Labute approximate surface area is 186 Å². The number of ether oxygens (including phenoxy) is 2. The first kappa shape index (κ1) is 23.9. The van der Waals surface area contributed by atoms with E-state index in [2.05, 4.69) is 4.74 Å². The van der Waals surface area contributed by atoms with Gasteiger partial charge in [0, 0.05) is 5.41 Å². The Bertz CT molecular complexity index is 969. The number of hydrogen-bond donors (Lipinski definition) is 0. The number of esters is 2. The Morgan fingerprint density at radius 3 is 2.27 bits per heavy atom. The molecule has 0 saturated heterocycles. The maximum atomic E-state index is 12.7. The van der Waals surface area contributed by atoms with Gasteiger partial charge in [0.25, 0.3) is 0 Å². The molecular formula is C23H24F6O4. The molecule has 1 unspecified atom stereocenters. The molecule has 4 nitrogen and oxygen atoms in total. The van der Waals surface area contributed by atoms with Crippen LogP contribution in [0.2, 0.25) is 0 Å². The first-order valence-corrected chi connectivity index (χ1v) is 10.9. The van der Waals surface area contributed by atoms with Crippen molar-refractivity contribution in [1.82, 2.24) is 0 Å². The van der Waals surface area contributed by atoms with Crippen LogP contribution in [0.15, 0.2) is 12.1 Å². The lowest BCUT2D eigenvalue weighted by molar-refractivity contribution is -0.211. The summed E-state index contributed by atoms with van der Waals surface area (Å²) in [7, 11) is 0. The Hall–Kier alpha value is -2.26. The minimum atomic E-state index is -5.09. The molecule has 0 spiro atoms. The van der Waals surface area contributed by atoms with Crippen LogP contribution in [0.5, 0.6) is 5.75 Å². The first-order chi connectivity index (χ1) is 15.2. The number of carbonyl (C=O) groups is 2. The molecule has 0 aromatic heterocycles. The number of rotatable bonds is 2. The van der Waals surface area contributed by atoms with Gasteiger partial charge in [-0.2, -0.15) is 26.3 Å². The smallest absolute Gasteiger partial charge is 0.455 e. The van der Waals surface area contributed by atoms with Crippen molar-refractivity contribution in [2.75, 3.05) is 0 Å². The number of hydrogen-bond acceptors (Lipinski definition) is 4. The molecule has 0 amide bonds. The third-order valence-electron chi connectivity index (χ3n) is 7.84. The number of alkyl halides is 6. The number of benzene rings is 1. The second-order valence-electron chi connectivity index (χ2n) is 9.63. The molecule has 0 N–H and O–H groups in total. The van der Waals surface area contributed by atoms with Gasteiger partial charge in [-0.25, -0.2) is 9.59 Å². The molecule has 1 aromatic rings. The van der Waals surface area contributed by atoms with Gasteiger partial charge in [-0.05, 0) is 92.0 Å². The fourth-order valence-electron chi connectivity index (χ4n) is 6.51. The van der Waals surface area contributed by atoms with E-state index >= 15 is 0 Å². The van der Waals surface area contributed by atoms with Crippen molar-refractivity contribution in [1.29, 1.82) is 0 Å². The maximum absolute atomic E-state index is 12.7. The highest BCUT2D eigenvalue weighted by molar-refractivity contribution is 5.78. The lowest BCUT2D eigenvalue weighted by atomic mass is 9.55. The summed E-state index contributed by atoms with van der Waals surface area (Å²) in [5.41, 5.74) is 2.04. The summed E-state index contributed by atoms with van der Waals surface area (Å²) >= 11 is 0. The van der Waals surface area contributed by atoms with E-state index in [0.29, 0.717) is 38.5 Å². The summed E-state index contributed by atoms with van der Waals surface area (Å²) in [6.07, 6.45) is -7.33. The van der Waals surface area contributed by atoms with Crippen molar-refractivity contribution in [2.24, 2.45) is 17.3 Å². The fraction of sp³-hybridized carbons (Fsp3) is 0.652. The Kier molecular flexibility index (Phi) is 5.72. The van der Waals surface area contributed by atoms with Crippen molar-refractivity contribution >= 4 is 11.9 Å². The first-order valence-electron chi connectivity index (χ1n) is 10.9. The van der Waals surface area contributed by atoms with E-state index in [-0.39, 0.29) is 23.5 Å². The highest BCUT2D eigenvalue weighted by Gasteiger charge is 2.57. The summed E-state index contributed by atoms with van der Waals surface area (Å²) in [6.45, 7) is 3.67. The summed E-state index contributed by atoms with van der Waals surface area (Å²) < 4.78 is 85.3. The van der Waals surface area contributed by atoms with Gasteiger partial charge < -0.3 is 9.47 Å². The molecule has 2 saturated carbocycles. The van der Waals surface area contributed by atoms with Gasteiger partial charge in [0.1, 0.15) is 11.9 Å². The van der Waals surface area contributed by atoms with Gasteiger partial charge in [0.05, 0.1) is 0 Å². The molecule has 0 bridgehead atoms. The van der Waals surface area contributed by atoms with E-state index < -0.39 is 35.8 Å². The van der Waals surface area contributed by atoms with Crippen molar-refractivity contribution in [3.05, 3.63) is 28.8 Å². The molecule has 1 aromatic carbocycles. The molecule has 3 aliphatic carbocycles. The van der Waals surface area contributed by atoms with Crippen LogP contribution < -0.4 is 4.74 Å². The predicted octanol–water partition coefficient (Wildman–Crippen LogP) is 5.79. The molecule has 10 heteroatoms. The molecule has 4 rings (SSSR count). The second-order valence-corrected chi connectivity index (χ2v) is 9.63. The minimum absolute atomic E-state index is 0.0811. The maximum Gasteiger partial charge on any atom is 0.491 e. The zero-order valence-electron chi connectivity index (χ0n) is 18.1. The van der Waals surface area contributed by atoms with Gasteiger partial charge in [0.15, 0.2) is 0 Å². The number of aryl methyl sites for hydroxylation is 2. The third-order valence-corrected chi connectivity index (χ3v) is 7.84. The summed E-state index contributed by atoms with van der Waals surface area (Å²) in [5, 5.41) is 0. The largest absolute Gasteiger partial charge is 0.491 e. The molecule has 0 aliphatic heterocycles. The Balaban J connectivity index is 1.56. The van der Waals surface area contributed by atoms with E-state index in [0.717, 1.165) is 16.7 Å². The van der Waals surface area contributed by atoms with Gasteiger partial charge in [-0.15, -0.1) is 0 Å². The second kappa shape index (κ2) is 7.91. The normalized spacial score (nSPS) is 31.3. The van der Waals surface area contributed by atoms with E-state index in [1.165, 1.54) is 12.1 Å². The highest BCUT2D eigenvalue weighted by Crippen LogP contribution is 2.62. The molecule has 3 aliphatic rings. The van der Waals surface area contributed by atoms with Crippen molar-refractivity contribution in [2.45, 2.75) is 76.7 Å².